The summed E-state index contributed by atoms with van der Waals surface area (Å²) in [5, 5.41) is 11.0. The number of rotatable bonds is 13. The Bertz CT molecular complexity index is 1640. The van der Waals surface area contributed by atoms with Gasteiger partial charge in [-0.1, -0.05) is 70.9 Å². The SMILES string of the molecule is O=C(/C=C/CC[C@H](NC(=O)c1nc(Cl)sc1Cl)C(=O)Nc1cccn(CC(=O)NC23CC(C2)C3)c1=O)NCc1ccccc1. The second-order valence-electron chi connectivity index (χ2n) is 10.9. The number of nitrogens with zero attached hydrogens (tertiary/aromatic N) is 2. The van der Waals surface area contributed by atoms with Gasteiger partial charge in [0.05, 0.1) is 0 Å². The molecule has 230 valence electrons. The molecule has 4 N–H and O–H groups in total. The van der Waals surface area contributed by atoms with Crippen LogP contribution in [0.1, 0.15) is 48.2 Å². The number of thiazole rings is 1. The summed E-state index contributed by atoms with van der Waals surface area (Å²) >= 11 is 12.9. The lowest BCUT2D eigenvalue weighted by molar-refractivity contribution is -0.133. The third kappa shape index (κ3) is 7.74. The molecule has 6 rings (SSSR count). The van der Waals surface area contributed by atoms with Crippen molar-refractivity contribution in [3.63, 3.8) is 0 Å². The lowest BCUT2D eigenvalue weighted by Crippen LogP contribution is -2.68. The molecule has 3 saturated carbocycles. The van der Waals surface area contributed by atoms with E-state index in [9.17, 15) is 24.0 Å². The summed E-state index contributed by atoms with van der Waals surface area (Å²) in [7, 11) is 0. The van der Waals surface area contributed by atoms with Crippen LogP contribution in [0.2, 0.25) is 8.80 Å². The van der Waals surface area contributed by atoms with E-state index in [1.807, 2.05) is 30.3 Å². The maximum atomic E-state index is 13.3. The zero-order valence-electron chi connectivity index (χ0n) is 23.5. The summed E-state index contributed by atoms with van der Waals surface area (Å²) in [6.45, 7) is 0.176. The van der Waals surface area contributed by atoms with Gasteiger partial charge < -0.3 is 25.8 Å². The number of benzene rings is 1. The zero-order valence-corrected chi connectivity index (χ0v) is 25.8. The summed E-state index contributed by atoms with van der Waals surface area (Å²) in [4.78, 5) is 68.1. The molecule has 3 aromatic rings. The van der Waals surface area contributed by atoms with Gasteiger partial charge in [-0.25, -0.2) is 4.98 Å². The molecule has 0 aliphatic heterocycles. The average molecular weight is 658 g/mol. The van der Waals surface area contributed by atoms with Crippen LogP contribution in [0, 0.1) is 5.92 Å². The van der Waals surface area contributed by atoms with Crippen molar-refractivity contribution in [3.8, 4) is 0 Å². The van der Waals surface area contributed by atoms with E-state index in [1.54, 1.807) is 12.1 Å². The molecule has 2 bridgehead atoms. The van der Waals surface area contributed by atoms with Crippen LogP contribution in [-0.2, 0) is 27.5 Å². The molecule has 1 aromatic carbocycles. The number of amides is 4. The maximum absolute atomic E-state index is 13.3. The van der Waals surface area contributed by atoms with Gasteiger partial charge in [-0.3, -0.25) is 24.0 Å². The summed E-state index contributed by atoms with van der Waals surface area (Å²) < 4.78 is 1.34. The average Bonchev–Trinajstić information content (AvgIpc) is 3.30. The second kappa shape index (κ2) is 13.7. The Labute approximate surface area is 267 Å². The highest BCUT2D eigenvalue weighted by Crippen LogP contribution is 2.56. The van der Waals surface area contributed by atoms with E-state index in [-0.39, 0.29) is 56.9 Å². The number of pyridine rings is 1. The van der Waals surface area contributed by atoms with Crippen molar-refractivity contribution in [2.75, 3.05) is 5.32 Å². The predicted molar refractivity (Wildman–Crippen MR) is 168 cm³/mol. The summed E-state index contributed by atoms with van der Waals surface area (Å²) in [5.41, 5.74) is 0.0738. The summed E-state index contributed by atoms with van der Waals surface area (Å²) in [5.74, 6) is -1.28. The second-order valence-corrected chi connectivity index (χ2v) is 13.1. The maximum Gasteiger partial charge on any atom is 0.274 e. The summed E-state index contributed by atoms with van der Waals surface area (Å²) in [6, 6.07) is 11.3. The Morgan fingerprint density at radius 1 is 1.09 bits per heavy atom. The highest BCUT2D eigenvalue weighted by Gasteiger charge is 2.57. The van der Waals surface area contributed by atoms with E-state index < -0.39 is 23.4 Å². The standard InChI is InChI=1S/C30H30Cl2N6O5S/c31-25-24(36-29(32)44-25)27(42)34-20(9-4-5-11-22(39)33-16-18-7-2-1-3-8-18)26(41)35-21-10-6-12-38(28(21)43)17-23(40)37-30-13-19(14-30)15-30/h1-3,5-8,10-12,19-20H,4,9,13-17H2,(H,33,39)(H,34,42)(H,35,41)(H,37,40)/b11-5+/t19?,20-,30?/m0/s1. The zero-order chi connectivity index (χ0) is 31.3. The fraction of sp³-hybridized carbons (Fsp3) is 0.333. The molecule has 1 atom stereocenters. The third-order valence-corrected chi connectivity index (χ3v) is 8.99. The van der Waals surface area contributed by atoms with Crippen LogP contribution in [0.25, 0.3) is 0 Å². The van der Waals surface area contributed by atoms with Crippen LogP contribution in [0.5, 0.6) is 0 Å². The van der Waals surface area contributed by atoms with Crippen molar-refractivity contribution < 1.29 is 19.2 Å². The first-order valence-corrected chi connectivity index (χ1v) is 15.6. The Balaban J connectivity index is 1.22. The van der Waals surface area contributed by atoms with Gasteiger partial charge >= 0.3 is 0 Å². The van der Waals surface area contributed by atoms with Crippen LogP contribution < -0.4 is 26.8 Å². The molecule has 2 aromatic heterocycles. The molecule has 0 radical (unpaired) electrons. The highest BCUT2D eigenvalue weighted by molar-refractivity contribution is 7.19. The normalized spacial score (nSPS) is 18.9. The molecule has 3 fully saturated rings. The number of hydrogen-bond donors (Lipinski definition) is 4. The molecule has 3 aliphatic carbocycles. The number of hydrogen-bond acceptors (Lipinski definition) is 7. The van der Waals surface area contributed by atoms with Gasteiger partial charge in [0.25, 0.3) is 11.5 Å². The van der Waals surface area contributed by atoms with Crippen LogP contribution in [0.4, 0.5) is 5.69 Å². The number of aromatic nitrogens is 2. The molecular formula is C30H30Cl2N6O5S. The Morgan fingerprint density at radius 3 is 2.50 bits per heavy atom. The van der Waals surface area contributed by atoms with Crippen molar-refractivity contribution in [2.24, 2.45) is 5.92 Å². The van der Waals surface area contributed by atoms with Gasteiger partial charge in [0, 0.05) is 18.3 Å². The Morgan fingerprint density at radius 2 is 1.84 bits per heavy atom. The number of carbonyl (C=O) groups excluding carboxylic acids is 4. The Hall–Kier alpha value is -4.00. The minimum absolute atomic E-state index is 0.0550. The largest absolute Gasteiger partial charge is 0.349 e. The molecule has 2 heterocycles. The minimum Gasteiger partial charge on any atom is -0.349 e. The lowest BCUT2D eigenvalue weighted by Gasteiger charge is -2.61. The summed E-state index contributed by atoms with van der Waals surface area (Å²) in [6.07, 6.45) is 7.66. The topological polar surface area (TPSA) is 151 Å². The van der Waals surface area contributed by atoms with Gasteiger partial charge in [0.2, 0.25) is 17.7 Å². The smallest absolute Gasteiger partial charge is 0.274 e. The van der Waals surface area contributed by atoms with E-state index in [2.05, 4.69) is 26.3 Å². The molecule has 4 amide bonds. The number of carbonyl (C=O) groups is 4. The lowest BCUT2D eigenvalue weighted by atomic mass is 9.50. The van der Waals surface area contributed by atoms with Crippen molar-refractivity contribution in [3.05, 3.63) is 91.2 Å². The van der Waals surface area contributed by atoms with E-state index in [4.69, 9.17) is 23.2 Å². The third-order valence-electron chi connectivity index (χ3n) is 7.63. The fourth-order valence-electron chi connectivity index (χ4n) is 5.31. The van der Waals surface area contributed by atoms with Gasteiger partial charge in [0.15, 0.2) is 10.2 Å². The van der Waals surface area contributed by atoms with Gasteiger partial charge in [-0.15, -0.1) is 0 Å². The minimum atomic E-state index is -1.13. The molecule has 3 aliphatic rings. The number of nitrogens with one attached hydrogen (secondary N) is 4. The van der Waals surface area contributed by atoms with E-state index in [1.165, 1.54) is 22.9 Å². The van der Waals surface area contributed by atoms with Crippen LogP contribution in [0.3, 0.4) is 0 Å². The number of halogens is 2. The van der Waals surface area contributed by atoms with Crippen LogP contribution in [-0.4, -0.2) is 44.8 Å². The molecular weight excluding hydrogens is 627 g/mol. The number of allylic oxidation sites excluding steroid dienone is 1. The van der Waals surface area contributed by atoms with E-state index in [0.29, 0.717) is 12.5 Å². The highest BCUT2D eigenvalue weighted by atomic mass is 35.5. The van der Waals surface area contributed by atoms with Crippen LogP contribution >= 0.6 is 34.5 Å². The molecule has 0 unspecified atom stereocenters. The van der Waals surface area contributed by atoms with Crippen molar-refractivity contribution in [1.82, 2.24) is 25.5 Å². The first-order valence-electron chi connectivity index (χ1n) is 14.0. The molecule has 44 heavy (non-hydrogen) atoms. The van der Waals surface area contributed by atoms with Gasteiger partial charge in [-0.05, 0) is 61.8 Å². The quantitative estimate of drug-likeness (QED) is 0.206. The van der Waals surface area contributed by atoms with E-state index >= 15 is 0 Å². The van der Waals surface area contributed by atoms with Crippen LogP contribution in [0.15, 0.2) is 65.6 Å². The van der Waals surface area contributed by atoms with Crippen molar-refractivity contribution >= 4 is 63.9 Å². The molecule has 0 spiro atoms. The Kier molecular flexibility index (Phi) is 9.82. The van der Waals surface area contributed by atoms with Crippen molar-refractivity contribution in [1.29, 1.82) is 0 Å². The monoisotopic (exact) mass is 656 g/mol. The first-order chi connectivity index (χ1) is 21.1. The van der Waals surface area contributed by atoms with Crippen molar-refractivity contribution in [2.45, 2.75) is 56.8 Å². The molecule has 14 heteroatoms. The van der Waals surface area contributed by atoms with E-state index in [0.717, 1.165) is 36.2 Å². The predicted octanol–water partition coefficient (Wildman–Crippen LogP) is 3.67. The van der Waals surface area contributed by atoms with Gasteiger partial charge in [-0.2, -0.15) is 0 Å². The fourth-order valence-corrected chi connectivity index (χ4v) is 6.61. The number of anilines is 1. The van der Waals surface area contributed by atoms with Gasteiger partial charge in [0.1, 0.15) is 22.6 Å². The first kappa shape index (κ1) is 31.4. The molecule has 0 saturated heterocycles. The molecule has 11 nitrogen and oxygen atoms in total.